The number of nitrogens with zero attached hydrogens (tertiary/aromatic N) is 1. The molecule has 4 N–H and O–H groups in total. The van der Waals surface area contributed by atoms with Gasteiger partial charge in [-0.2, -0.15) is 4.98 Å². The number of nitrogen functional groups attached to an aromatic ring is 1. The predicted molar refractivity (Wildman–Crippen MR) is 73.8 cm³/mol. The van der Waals surface area contributed by atoms with Crippen molar-refractivity contribution < 1.29 is 9.84 Å². The standard InChI is InChI=1S/C13H23N3O2/c1-4-7-18-13-10(14)5-6-12(16-13)15-8-11(17)9(2)3/h5-6,9,11,17H,4,7-8,14H2,1-3H3,(H,15,16). The van der Waals surface area contributed by atoms with E-state index in [0.717, 1.165) is 6.42 Å². The summed E-state index contributed by atoms with van der Waals surface area (Å²) < 4.78 is 5.44. The van der Waals surface area contributed by atoms with Crippen molar-refractivity contribution in [3.05, 3.63) is 12.1 Å². The Morgan fingerprint density at radius 3 is 2.78 bits per heavy atom. The Kier molecular flexibility index (Phi) is 5.71. The number of rotatable bonds is 7. The Morgan fingerprint density at radius 1 is 1.44 bits per heavy atom. The van der Waals surface area contributed by atoms with Crippen LogP contribution in [0.25, 0.3) is 0 Å². The van der Waals surface area contributed by atoms with Crippen LogP contribution in [0.2, 0.25) is 0 Å². The molecule has 1 atom stereocenters. The highest BCUT2D eigenvalue weighted by Gasteiger charge is 2.10. The second-order valence-corrected chi connectivity index (χ2v) is 4.63. The van der Waals surface area contributed by atoms with Gasteiger partial charge in [-0.3, -0.25) is 0 Å². The molecule has 0 fully saturated rings. The third-order valence-electron chi connectivity index (χ3n) is 2.59. The van der Waals surface area contributed by atoms with Gasteiger partial charge in [0.2, 0.25) is 5.88 Å². The first-order chi connectivity index (χ1) is 8.54. The molecule has 0 aromatic carbocycles. The lowest BCUT2D eigenvalue weighted by Crippen LogP contribution is -2.25. The van der Waals surface area contributed by atoms with Crippen LogP contribution in [0.15, 0.2) is 12.1 Å². The van der Waals surface area contributed by atoms with Crippen LogP contribution in [0.5, 0.6) is 5.88 Å². The van der Waals surface area contributed by atoms with Crippen molar-refractivity contribution in [2.24, 2.45) is 5.92 Å². The zero-order valence-electron chi connectivity index (χ0n) is 11.3. The first kappa shape index (κ1) is 14.6. The fourth-order valence-electron chi connectivity index (χ4n) is 1.31. The van der Waals surface area contributed by atoms with Crippen LogP contribution in [0.1, 0.15) is 27.2 Å². The summed E-state index contributed by atoms with van der Waals surface area (Å²) in [4.78, 5) is 4.27. The van der Waals surface area contributed by atoms with Crippen molar-refractivity contribution in [1.29, 1.82) is 0 Å². The van der Waals surface area contributed by atoms with Crippen LogP contribution < -0.4 is 15.8 Å². The normalized spacial score (nSPS) is 12.5. The number of aliphatic hydroxyl groups excluding tert-OH is 1. The molecule has 1 aromatic rings. The number of ether oxygens (including phenoxy) is 1. The quantitative estimate of drug-likeness (QED) is 0.691. The van der Waals surface area contributed by atoms with E-state index in [9.17, 15) is 5.11 Å². The molecule has 1 heterocycles. The molecule has 0 saturated carbocycles. The molecule has 5 heteroatoms. The maximum atomic E-state index is 9.71. The van der Waals surface area contributed by atoms with Crippen molar-refractivity contribution in [2.45, 2.75) is 33.3 Å². The molecule has 0 saturated heterocycles. The molecule has 1 unspecified atom stereocenters. The van der Waals surface area contributed by atoms with Gasteiger partial charge < -0.3 is 20.9 Å². The summed E-state index contributed by atoms with van der Waals surface area (Å²) in [5.41, 5.74) is 6.30. The van der Waals surface area contributed by atoms with Crippen LogP contribution in [0.3, 0.4) is 0 Å². The van der Waals surface area contributed by atoms with Gasteiger partial charge in [-0.05, 0) is 24.5 Å². The molecule has 0 aliphatic carbocycles. The smallest absolute Gasteiger partial charge is 0.239 e. The van der Waals surface area contributed by atoms with E-state index in [4.69, 9.17) is 10.5 Å². The Hall–Kier alpha value is -1.49. The lowest BCUT2D eigenvalue weighted by Gasteiger charge is -2.16. The highest BCUT2D eigenvalue weighted by Crippen LogP contribution is 2.21. The van der Waals surface area contributed by atoms with Crippen molar-refractivity contribution in [3.8, 4) is 5.88 Å². The number of nitrogens with one attached hydrogen (secondary N) is 1. The molecule has 5 nitrogen and oxygen atoms in total. The van der Waals surface area contributed by atoms with Gasteiger partial charge in [-0.15, -0.1) is 0 Å². The van der Waals surface area contributed by atoms with Crippen LogP contribution >= 0.6 is 0 Å². The molecule has 102 valence electrons. The molecule has 0 spiro atoms. The zero-order chi connectivity index (χ0) is 13.5. The van der Waals surface area contributed by atoms with Crippen LogP contribution in [-0.4, -0.2) is 29.3 Å². The second kappa shape index (κ2) is 7.06. The largest absolute Gasteiger partial charge is 0.476 e. The van der Waals surface area contributed by atoms with Gasteiger partial charge in [0, 0.05) is 6.54 Å². The maximum absolute atomic E-state index is 9.71. The first-order valence-corrected chi connectivity index (χ1v) is 6.35. The SMILES string of the molecule is CCCOc1nc(NCC(O)C(C)C)ccc1N. The lowest BCUT2D eigenvalue weighted by molar-refractivity contribution is 0.138. The van der Waals surface area contributed by atoms with E-state index in [1.807, 2.05) is 20.8 Å². The van der Waals surface area contributed by atoms with Gasteiger partial charge in [0.1, 0.15) is 5.82 Å². The molecular formula is C13H23N3O2. The van der Waals surface area contributed by atoms with E-state index in [-0.39, 0.29) is 5.92 Å². The number of nitrogens with two attached hydrogens (primary N) is 1. The molecule has 0 bridgehead atoms. The Morgan fingerprint density at radius 2 is 2.17 bits per heavy atom. The summed E-state index contributed by atoms with van der Waals surface area (Å²) in [6, 6.07) is 3.53. The summed E-state index contributed by atoms with van der Waals surface area (Å²) in [7, 11) is 0. The average molecular weight is 253 g/mol. The van der Waals surface area contributed by atoms with E-state index in [0.29, 0.717) is 30.5 Å². The van der Waals surface area contributed by atoms with E-state index in [1.165, 1.54) is 0 Å². The number of aromatic nitrogens is 1. The molecular weight excluding hydrogens is 230 g/mol. The Bertz CT molecular complexity index is 369. The molecule has 0 aliphatic rings. The summed E-state index contributed by atoms with van der Waals surface area (Å²) in [6.07, 6.45) is 0.509. The van der Waals surface area contributed by atoms with E-state index in [1.54, 1.807) is 12.1 Å². The van der Waals surface area contributed by atoms with Gasteiger partial charge in [0.15, 0.2) is 0 Å². The molecule has 0 amide bonds. The summed E-state index contributed by atoms with van der Waals surface area (Å²) in [5.74, 6) is 1.32. The molecule has 1 aromatic heterocycles. The number of hydrogen-bond donors (Lipinski definition) is 3. The fourth-order valence-corrected chi connectivity index (χ4v) is 1.31. The van der Waals surface area contributed by atoms with Crippen molar-refractivity contribution >= 4 is 11.5 Å². The van der Waals surface area contributed by atoms with Crippen LogP contribution in [0, 0.1) is 5.92 Å². The minimum atomic E-state index is -0.399. The molecule has 0 radical (unpaired) electrons. The lowest BCUT2D eigenvalue weighted by atomic mass is 10.1. The Labute approximate surface area is 108 Å². The Balaban J connectivity index is 2.61. The number of aliphatic hydroxyl groups is 1. The van der Waals surface area contributed by atoms with E-state index in [2.05, 4.69) is 10.3 Å². The summed E-state index contributed by atoms with van der Waals surface area (Å²) in [6.45, 7) is 7.02. The zero-order valence-corrected chi connectivity index (χ0v) is 11.3. The maximum Gasteiger partial charge on any atom is 0.239 e. The van der Waals surface area contributed by atoms with Gasteiger partial charge in [0.25, 0.3) is 0 Å². The average Bonchev–Trinajstić information content (AvgIpc) is 2.35. The van der Waals surface area contributed by atoms with E-state index < -0.39 is 6.10 Å². The minimum absolute atomic E-state index is 0.210. The van der Waals surface area contributed by atoms with Crippen LogP contribution in [-0.2, 0) is 0 Å². The van der Waals surface area contributed by atoms with Crippen molar-refractivity contribution in [3.63, 3.8) is 0 Å². The highest BCUT2D eigenvalue weighted by atomic mass is 16.5. The third-order valence-corrected chi connectivity index (χ3v) is 2.59. The van der Waals surface area contributed by atoms with Crippen LogP contribution in [0.4, 0.5) is 11.5 Å². The molecule has 1 rings (SSSR count). The van der Waals surface area contributed by atoms with Gasteiger partial charge >= 0.3 is 0 Å². The highest BCUT2D eigenvalue weighted by molar-refractivity contribution is 5.53. The number of hydrogen-bond acceptors (Lipinski definition) is 5. The predicted octanol–water partition coefficient (Wildman–Crippen LogP) is 1.88. The first-order valence-electron chi connectivity index (χ1n) is 6.35. The van der Waals surface area contributed by atoms with Crippen molar-refractivity contribution in [2.75, 3.05) is 24.2 Å². The van der Waals surface area contributed by atoms with Gasteiger partial charge in [0.05, 0.1) is 18.4 Å². The minimum Gasteiger partial charge on any atom is -0.476 e. The molecule has 0 aliphatic heterocycles. The number of anilines is 2. The number of pyridine rings is 1. The second-order valence-electron chi connectivity index (χ2n) is 4.63. The summed E-state index contributed by atoms with van der Waals surface area (Å²) >= 11 is 0. The molecule has 18 heavy (non-hydrogen) atoms. The third kappa shape index (κ3) is 4.41. The van der Waals surface area contributed by atoms with Crippen molar-refractivity contribution in [1.82, 2.24) is 4.98 Å². The fraction of sp³-hybridized carbons (Fsp3) is 0.615. The summed E-state index contributed by atoms with van der Waals surface area (Å²) in [5, 5.41) is 12.8. The van der Waals surface area contributed by atoms with Gasteiger partial charge in [-0.1, -0.05) is 20.8 Å². The monoisotopic (exact) mass is 253 g/mol. The van der Waals surface area contributed by atoms with E-state index >= 15 is 0 Å². The topological polar surface area (TPSA) is 80.4 Å². The van der Waals surface area contributed by atoms with Gasteiger partial charge in [-0.25, -0.2) is 0 Å².